The lowest BCUT2D eigenvalue weighted by atomic mass is 10.1. The predicted molar refractivity (Wildman–Crippen MR) is 88.5 cm³/mol. The van der Waals surface area contributed by atoms with Crippen LogP contribution in [0.5, 0.6) is 0 Å². The minimum absolute atomic E-state index is 0.639. The highest BCUT2D eigenvalue weighted by atomic mass is 35.5. The molecule has 1 N–H and O–H groups in total. The molecule has 0 radical (unpaired) electrons. The van der Waals surface area contributed by atoms with Crippen molar-refractivity contribution in [1.29, 1.82) is 0 Å². The lowest BCUT2D eigenvalue weighted by molar-refractivity contribution is 0.549. The van der Waals surface area contributed by atoms with Crippen LogP contribution < -0.4 is 5.32 Å². The number of hydrogen-bond acceptors (Lipinski definition) is 3. The van der Waals surface area contributed by atoms with Crippen molar-refractivity contribution in [3.8, 4) is 11.4 Å². The summed E-state index contributed by atoms with van der Waals surface area (Å²) in [5.41, 5.74) is 4.24. The van der Waals surface area contributed by atoms with Crippen LogP contribution in [0.15, 0.2) is 24.3 Å². The zero-order valence-electron chi connectivity index (χ0n) is 13.1. The number of benzene rings is 1. The zero-order valence-corrected chi connectivity index (χ0v) is 13.8. The van der Waals surface area contributed by atoms with Gasteiger partial charge in [-0.05, 0) is 50.6 Å². The average molecular weight is 304 g/mol. The van der Waals surface area contributed by atoms with Crippen LogP contribution in [-0.4, -0.2) is 16.5 Å². The smallest absolute Gasteiger partial charge is 0.159 e. The number of aryl methyl sites for hydroxylation is 2. The van der Waals surface area contributed by atoms with Crippen molar-refractivity contribution in [1.82, 2.24) is 15.3 Å². The highest BCUT2D eigenvalue weighted by Crippen LogP contribution is 2.20. The number of nitrogens with zero attached hydrogens (tertiary/aromatic N) is 2. The van der Waals surface area contributed by atoms with Crippen LogP contribution in [0.25, 0.3) is 11.4 Å². The Morgan fingerprint density at radius 2 is 1.62 bits per heavy atom. The fourth-order valence-corrected chi connectivity index (χ4v) is 2.34. The molecule has 0 bridgehead atoms. The lowest BCUT2D eigenvalue weighted by Crippen LogP contribution is -2.21. The van der Waals surface area contributed by atoms with Gasteiger partial charge >= 0.3 is 0 Å². The van der Waals surface area contributed by atoms with Crippen molar-refractivity contribution < 1.29 is 0 Å². The van der Waals surface area contributed by atoms with Gasteiger partial charge in [0, 0.05) is 34.1 Å². The first-order chi connectivity index (χ1) is 9.97. The van der Waals surface area contributed by atoms with Crippen molar-refractivity contribution in [2.24, 2.45) is 5.92 Å². The molecule has 0 atom stereocenters. The van der Waals surface area contributed by atoms with Crippen molar-refractivity contribution in [3.05, 3.63) is 46.2 Å². The third kappa shape index (κ3) is 4.26. The van der Waals surface area contributed by atoms with Gasteiger partial charge in [0.25, 0.3) is 0 Å². The molecular weight excluding hydrogens is 282 g/mol. The Labute approximate surface area is 131 Å². The van der Waals surface area contributed by atoms with Crippen molar-refractivity contribution in [2.45, 2.75) is 34.2 Å². The van der Waals surface area contributed by atoms with E-state index >= 15 is 0 Å². The molecule has 2 rings (SSSR count). The SMILES string of the molecule is Cc1nc(-c2ccc(Cl)cc2)nc(C)c1CNCC(C)C. The fraction of sp³-hybridized carbons (Fsp3) is 0.412. The first kappa shape index (κ1) is 15.9. The van der Waals surface area contributed by atoms with Gasteiger partial charge in [0.1, 0.15) is 0 Å². The minimum Gasteiger partial charge on any atom is -0.312 e. The van der Waals surface area contributed by atoms with Crippen molar-refractivity contribution in [3.63, 3.8) is 0 Å². The molecule has 4 heteroatoms. The second-order valence-corrected chi connectivity index (χ2v) is 6.16. The fourth-order valence-electron chi connectivity index (χ4n) is 2.21. The van der Waals surface area contributed by atoms with E-state index in [2.05, 4.69) is 29.1 Å². The molecule has 0 aliphatic rings. The first-order valence-electron chi connectivity index (χ1n) is 7.28. The summed E-state index contributed by atoms with van der Waals surface area (Å²) in [5.74, 6) is 1.40. The summed E-state index contributed by atoms with van der Waals surface area (Å²) in [7, 11) is 0. The van der Waals surface area contributed by atoms with E-state index in [1.54, 1.807) is 0 Å². The highest BCUT2D eigenvalue weighted by Gasteiger charge is 2.10. The van der Waals surface area contributed by atoms with Gasteiger partial charge in [-0.1, -0.05) is 25.4 Å². The summed E-state index contributed by atoms with van der Waals surface area (Å²) in [5, 5.41) is 4.18. The summed E-state index contributed by atoms with van der Waals surface area (Å²) >= 11 is 5.92. The molecular formula is C17H22ClN3. The standard InChI is InChI=1S/C17H22ClN3/c1-11(2)9-19-10-16-12(3)20-17(21-13(16)4)14-5-7-15(18)8-6-14/h5-8,11,19H,9-10H2,1-4H3. The van der Waals surface area contributed by atoms with Gasteiger partial charge in [0.05, 0.1) is 0 Å². The number of rotatable bonds is 5. The number of halogens is 1. The quantitative estimate of drug-likeness (QED) is 0.901. The third-order valence-corrected chi connectivity index (χ3v) is 3.63. The van der Waals surface area contributed by atoms with Crippen LogP contribution in [0, 0.1) is 19.8 Å². The summed E-state index contributed by atoms with van der Waals surface area (Å²) in [4.78, 5) is 9.27. The molecule has 0 fully saturated rings. The van der Waals surface area contributed by atoms with Gasteiger partial charge in [-0.15, -0.1) is 0 Å². The molecule has 1 heterocycles. The van der Waals surface area contributed by atoms with Gasteiger partial charge in [-0.3, -0.25) is 0 Å². The summed E-state index contributed by atoms with van der Waals surface area (Å²) in [6.45, 7) is 10.3. The Hall–Kier alpha value is -1.45. The largest absolute Gasteiger partial charge is 0.312 e. The number of aromatic nitrogens is 2. The van der Waals surface area contributed by atoms with Crippen LogP contribution >= 0.6 is 11.6 Å². The van der Waals surface area contributed by atoms with Gasteiger partial charge < -0.3 is 5.32 Å². The van der Waals surface area contributed by atoms with Gasteiger partial charge in [0.2, 0.25) is 0 Å². The monoisotopic (exact) mass is 303 g/mol. The predicted octanol–water partition coefficient (Wildman–Crippen LogP) is 4.16. The topological polar surface area (TPSA) is 37.8 Å². The second kappa shape index (κ2) is 7.01. The molecule has 0 saturated carbocycles. The molecule has 0 amide bonds. The number of nitrogens with one attached hydrogen (secondary N) is 1. The maximum atomic E-state index is 5.92. The second-order valence-electron chi connectivity index (χ2n) is 5.73. The third-order valence-electron chi connectivity index (χ3n) is 3.38. The summed E-state index contributed by atoms with van der Waals surface area (Å²) in [6.07, 6.45) is 0. The summed E-state index contributed by atoms with van der Waals surface area (Å²) < 4.78 is 0. The Balaban J connectivity index is 2.22. The molecule has 0 unspecified atom stereocenters. The first-order valence-corrected chi connectivity index (χ1v) is 7.66. The van der Waals surface area contributed by atoms with E-state index in [-0.39, 0.29) is 0 Å². The Kier molecular flexibility index (Phi) is 5.32. The Bertz CT molecular complexity index is 583. The maximum absolute atomic E-state index is 5.92. The Morgan fingerprint density at radius 1 is 1.05 bits per heavy atom. The molecule has 0 aliphatic heterocycles. The van der Waals surface area contributed by atoms with Crippen molar-refractivity contribution in [2.75, 3.05) is 6.54 Å². The van der Waals surface area contributed by atoms with E-state index in [1.165, 1.54) is 5.56 Å². The maximum Gasteiger partial charge on any atom is 0.159 e. The molecule has 112 valence electrons. The molecule has 1 aromatic carbocycles. The molecule has 3 nitrogen and oxygen atoms in total. The lowest BCUT2D eigenvalue weighted by Gasteiger charge is -2.13. The molecule has 0 aliphatic carbocycles. The molecule has 2 aromatic rings. The van der Waals surface area contributed by atoms with Crippen LogP contribution in [0.1, 0.15) is 30.8 Å². The molecule has 21 heavy (non-hydrogen) atoms. The number of hydrogen-bond donors (Lipinski definition) is 1. The zero-order chi connectivity index (χ0) is 15.4. The normalized spacial score (nSPS) is 11.1. The Morgan fingerprint density at radius 3 is 2.14 bits per heavy atom. The van der Waals surface area contributed by atoms with Crippen molar-refractivity contribution >= 4 is 11.6 Å². The van der Waals surface area contributed by atoms with Crippen LogP contribution in [-0.2, 0) is 6.54 Å². The van der Waals surface area contributed by atoms with E-state index in [1.807, 2.05) is 38.1 Å². The summed E-state index contributed by atoms with van der Waals surface area (Å²) in [6, 6.07) is 7.63. The van der Waals surface area contributed by atoms with Crippen LogP contribution in [0.2, 0.25) is 5.02 Å². The van der Waals surface area contributed by atoms with Gasteiger partial charge in [0.15, 0.2) is 5.82 Å². The van der Waals surface area contributed by atoms with E-state index in [4.69, 9.17) is 11.6 Å². The van der Waals surface area contributed by atoms with E-state index in [9.17, 15) is 0 Å². The molecule has 0 spiro atoms. The molecule has 1 aromatic heterocycles. The highest BCUT2D eigenvalue weighted by molar-refractivity contribution is 6.30. The average Bonchev–Trinajstić information content (AvgIpc) is 2.42. The van der Waals surface area contributed by atoms with E-state index < -0.39 is 0 Å². The van der Waals surface area contributed by atoms with Crippen LogP contribution in [0.4, 0.5) is 0 Å². The molecule has 0 saturated heterocycles. The van der Waals surface area contributed by atoms with Gasteiger partial charge in [-0.25, -0.2) is 9.97 Å². The van der Waals surface area contributed by atoms with E-state index in [0.717, 1.165) is 40.9 Å². The van der Waals surface area contributed by atoms with Gasteiger partial charge in [-0.2, -0.15) is 0 Å². The van der Waals surface area contributed by atoms with E-state index in [0.29, 0.717) is 5.92 Å². The minimum atomic E-state index is 0.639. The van der Waals surface area contributed by atoms with Crippen LogP contribution in [0.3, 0.4) is 0 Å².